The molecule has 1 aromatic heterocycles. The fraction of sp³-hybridized carbons (Fsp3) is 0.500. The van der Waals surface area contributed by atoms with Crippen LogP contribution in [0.3, 0.4) is 0 Å². The standard InChI is InChI=1S/C16H22N4O/c1-4-17-15-8-5-12-9-13(6-7-14(12)15)21-10-16-19-18-11(2)20(16)3/h6-7,9,15,17H,4-5,8,10H2,1-3H3. The van der Waals surface area contributed by atoms with Crippen LogP contribution in [0.2, 0.25) is 0 Å². The van der Waals surface area contributed by atoms with Gasteiger partial charge in [0.15, 0.2) is 5.82 Å². The van der Waals surface area contributed by atoms with E-state index in [1.54, 1.807) is 0 Å². The van der Waals surface area contributed by atoms with Crippen LogP contribution in [-0.2, 0) is 20.1 Å². The zero-order valence-corrected chi connectivity index (χ0v) is 12.9. The number of hydrogen-bond acceptors (Lipinski definition) is 4. The minimum Gasteiger partial charge on any atom is -0.486 e. The molecule has 1 aromatic carbocycles. The van der Waals surface area contributed by atoms with Gasteiger partial charge in [-0.1, -0.05) is 13.0 Å². The van der Waals surface area contributed by atoms with E-state index in [9.17, 15) is 0 Å². The molecule has 0 radical (unpaired) electrons. The smallest absolute Gasteiger partial charge is 0.170 e. The summed E-state index contributed by atoms with van der Waals surface area (Å²) in [5.74, 6) is 2.65. The Morgan fingerprint density at radius 1 is 1.38 bits per heavy atom. The van der Waals surface area contributed by atoms with Crippen LogP contribution in [0, 0.1) is 6.92 Å². The first-order valence-corrected chi connectivity index (χ1v) is 7.53. The van der Waals surface area contributed by atoms with E-state index in [2.05, 4.69) is 40.6 Å². The van der Waals surface area contributed by atoms with Crippen LogP contribution in [0.25, 0.3) is 0 Å². The second-order valence-electron chi connectivity index (χ2n) is 5.52. The summed E-state index contributed by atoms with van der Waals surface area (Å²) in [4.78, 5) is 0. The molecule has 3 rings (SSSR count). The molecule has 5 heteroatoms. The predicted molar refractivity (Wildman–Crippen MR) is 81.3 cm³/mol. The minimum absolute atomic E-state index is 0.451. The molecule has 1 atom stereocenters. The van der Waals surface area contributed by atoms with Crippen molar-refractivity contribution in [2.75, 3.05) is 6.54 Å². The van der Waals surface area contributed by atoms with Crippen molar-refractivity contribution in [3.8, 4) is 5.75 Å². The third kappa shape index (κ3) is 2.78. The summed E-state index contributed by atoms with van der Waals surface area (Å²) >= 11 is 0. The predicted octanol–water partition coefficient (Wildman–Crippen LogP) is 2.30. The third-order valence-electron chi connectivity index (χ3n) is 4.19. The Labute approximate surface area is 125 Å². The lowest BCUT2D eigenvalue weighted by Gasteiger charge is -2.13. The van der Waals surface area contributed by atoms with Crippen molar-refractivity contribution in [1.82, 2.24) is 20.1 Å². The number of aryl methyl sites for hydroxylation is 2. The van der Waals surface area contributed by atoms with Gasteiger partial charge in [-0.2, -0.15) is 0 Å². The highest BCUT2D eigenvalue weighted by Gasteiger charge is 2.21. The van der Waals surface area contributed by atoms with Gasteiger partial charge in [0.1, 0.15) is 18.2 Å². The zero-order chi connectivity index (χ0) is 14.8. The molecule has 1 aliphatic rings. The largest absolute Gasteiger partial charge is 0.486 e. The van der Waals surface area contributed by atoms with Gasteiger partial charge in [0.2, 0.25) is 0 Å². The van der Waals surface area contributed by atoms with Crippen LogP contribution in [0.15, 0.2) is 18.2 Å². The fourth-order valence-electron chi connectivity index (χ4n) is 2.87. The molecule has 0 saturated carbocycles. The quantitative estimate of drug-likeness (QED) is 0.916. The van der Waals surface area contributed by atoms with Crippen LogP contribution in [-0.4, -0.2) is 21.3 Å². The lowest BCUT2D eigenvalue weighted by Crippen LogP contribution is -2.18. The average molecular weight is 286 g/mol. The van der Waals surface area contributed by atoms with E-state index >= 15 is 0 Å². The molecule has 0 bridgehead atoms. The van der Waals surface area contributed by atoms with E-state index in [1.165, 1.54) is 17.5 Å². The highest BCUT2D eigenvalue weighted by atomic mass is 16.5. The maximum absolute atomic E-state index is 5.86. The number of nitrogens with one attached hydrogen (secondary N) is 1. The Morgan fingerprint density at radius 3 is 2.95 bits per heavy atom. The average Bonchev–Trinajstić information content (AvgIpc) is 3.03. The first-order chi connectivity index (χ1) is 10.2. The summed E-state index contributed by atoms with van der Waals surface area (Å²) in [7, 11) is 1.96. The normalized spacial score (nSPS) is 17.0. The van der Waals surface area contributed by atoms with Gasteiger partial charge in [0.25, 0.3) is 0 Å². The van der Waals surface area contributed by atoms with Crippen LogP contribution < -0.4 is 10.1 Å². The summed E-state index contributed by atoms with van der Waals surface area (Å²) < 4.78 is 7.82. The summed E-state index contributed by atoms with van der Waals surface area (Å²) in [6.45, 7) is 5.55. The highest BCUT2D eigenvalue weighted by Crippen LogP contribution is 2.33. The summed E-state index contributed by atoms with van der Waals surface area (Å²) in [6, 6.07) is 6.90. The molecule has 0 spiro atoms. The van der Waals surface area contributed by atoms with E-state index in [0.717, 1.165) is 30.4 Å². The Kier molecular flexibility index (Phi) is 3.92. The maximum atomic E-state index is 5.86. The lowest BCUT2D eigenvalue weighted by atomic mass is 10.1. The third-order valence-corrected chi connectivity index (χ3v) is 4.19. The molecule has 1 unspecified atom stereocenters. The SMILES string of the molecule is CCNC1CCc2cc(OCc3nnc(C)n3C)ccc21. The van der Waals surface area contributed by atoms with Gasteiger partial charge in [0.05, 0.1) is 0 Å². The second-order valence-corrected chi connectivity index (χ2v) is 5.52. The molecular weight excluding hydrogens is 264 g/mol. The highest BCUT2D eigenvalue weighted by molar-refractivity contribution is 5.40. The molecule has 0 amide bonds. The molecule has 1 heterocycles. The first-order valence-electron chi connectivity index (χ1n) is 7.53. The molecule has 112 valence electrons. The monoisotopic (exact) mass is 286 g/mol. The van der Waals surface area contributed by atoms with Gasteiger partial charge >= 0.3 is 0 Å². The summed E-state index contributed by atoms with van der Waals surface area (Å²) in [6.07, 6.45) is 2.29. The van der Waals surface area contributed by atoms with E-state index in [4.69, 9.17) is 4.74 Å². The number of nitrogens with zero attached hydrogens (tertiary/aromatic N) is 3. The van der Waals surface area contributed by atoms with Gasteiger partial charge in [-0.15, -0.1) is 10.2 Å². The molecule has 1 N–H and O–H groups in total. The minimum atomic E-state index is 0.451. The summed E-state index contributed by atoms with van der Waals surface area (Å²) in [5, 5.41) is 11.7. The molecular formula is C16H22N4O. The van der Waals surface area contributed by atoms with Crippen LogP contribution in [0.1, 0.15) is 42.2 Å². The van der Waals surface area contributed by atoms with Crippen molar-refractivity contribution in [3.05, 3.63) is 41.0 Å². The number of rotatable bonds is 5. The van der Waals surface area contributed by atoms with Crippen LogP contribution >= 0.6 is 0 Å². The first kappa shape index (κ1) is 14.1. The molecule has 1 aliphatic carbocycles. The van der Waals surface area contributed by atoms with Crippen molar-refractivity contribution in [2.45, 2.75) is 39.3 Å². The van der Waals surface area contributed by atoms with Gasteiger partial charge < -0.3 is 14.6 Å². The lowest BCUT2D eigenvalue weighted by molar-refractivity contribution is 0.290. The number of benzene rings is 1. The van der Waals surface area contributed by atoms with Gasteiger partial charge in [-0.25, -0.2) is 0 Å². The van der Waals surface area contributed by atoms with Crippen LogP contribution in [0.4, 0.5) is 0 Å². The molecule has 21 heavy (non-hydrogen) atoms. The van der Waals surface area contributed by atoms with Gasteiger partial charge in [0, 0.05) is 13.1 Å². The Hall–Kier alpha value is -1.88. The maximum Gasteiger partial charge on any atom is 0.170 e. The summed E-state index contributed by atoms with van der Waals surface area (Å²) in [5.41, 5.74) is 2.81. The number of fused-ring (bicyclic) bond motifs is 1. The van der Waals surface area contributed by atoms with Gasteiger partial charge in [-0.3, -0.25) is 0 Å². The van der Waals surface area contributed by atoms with E-state index in [-0.39, 0.29) is 0 Å². The van der Waals surface area contributed by atoms with Crippen molar-refractivity contribution >= 4 is 0 Å². The van der Waals surface area contributed by atoms with E-state index < -0.39 is 0 Å². The Morgan fingerprint density at radius 2 is 2.24 bits per heavy atom. The molecule has 0 aliphatic heterocycles. The van der Waals surface area contributed by atoms with Crippen molar-refractivity contribution < 1.29 is 4.74 Å². The fourth-order valence-corrected chi connectivity index (χ4v) is 2.87. The number of ether oxygens (including phenoxy) is 1. The van der Waals surface area contributed by atoms with E-state index in [1.807, 2.05) is 18.5 Å². The van der Waals surface area contributed by atoms with Crippen LogP contribution in [0.5, 0.6) is 5.75 Å². The number of hydrogen-bond donors (Lipinski definition) is 1. The Bertz CT molecular complexity index is 635. The molecule has 0 saturated heterocycles. The number of aromatic nitrogens is 3. The Balaban J connectivity index is 1.69. The zero-order valence-electron chi connectivity index (χ0n) is 12.9. The molecule has 5 nitrogen and oxygen atoms in total. The molecule has 2 aromatic rings. The van der Waals surface area contributed by atoms with Gasteiger partial charge in [-0.05, 0) is 49.6 Å². The topological polar surface area (TPSA) is 52.0 Å². The van der Waals surface area contributed by atoms with Crippen molar-refractivity contribution in [3.63, 3.8) is 0 Å². The molecule has 0 fully saturated rings. The van der Waals surface area contributed by atoms with Crippen molar-refractivity contribution in [1.29, 1.82) is 0 Å². The van der Waals surface area contributed by atoms with E-state index in [0.29, 0.717) is 12.6 Å². The second kappa shape index (κ2) is 5.85. The van der Waals surface area contributed by atoms with Crippen molar-refractivity contribution in [2.24, 2.45) is 7.05 Å².